The number of hydrogen-bond acceptors (Lipinski definition) is 2. The normalized spacial score (nSPS) is 11.0. The van der Waals surface area contributed by atoms with Crippen molar-refractivity contribution in [2.45, 2.75) is 6.42 Å². The molecule has 0 fully saturated rings. The largest absolute Gasteiger partial charge is 0.361 e. The van der Waals surface area contributed by atoms with Gasteiger partial charge in [0.25, 0.3) is 5.91 Å². The van der Waals surface area contributed by atoms with Crippen molar-refractivity contribution in [3.8, 4) is 11.3 Å². The molecule has 1 amide bonds. The quantitative estimate of drug-likeness (QED) is 0.497. The zero-order valence-electron chi connectivity index (χ0n) is 13.9. The van der Waals surface area contributed by atoms with E-state index < -0.39 is 0 Å². The topological polar surface area (TPSA) is 73.6 Å². The molecule has 5 nitrogen and oxygen atoms in total. The summed E-state index contributed by atoms with van der Waals surface area (Å²) in [6.45, 7) is 0.552. The van der Waals surface area contributed by atoms with Crippen LogP contribution in [0.15, 0.2) is 60.8 Å². The molecule has 3 N–H and O–H groups in total. The molecule has 6 heteroatoms. The number of fused-ring (bicyclic) bond motifs is 1. The second kappa shape index (κ2) is 7.06. The lowest BCUT2D eigenvalue weighted by molar-refractivity contribution is 0.0949. The summed E-state index contributed by atoms with van der Waals surface area (Å²) < 4.78 is 0. The predicted octanol–water partition coefficient (Wildman–Crippen LogP) is 4.18. The van der Waals surface area contributed by atoms with Gasteiger partial charge in [-0.25, -0.2) is 0 Å². The molecule has 2 aromatic heterocycles. The van der Waals surface area contributed by atoms with Gasteiger partial charge in [-0.3, -0.25) is 9.89 Å². The summed E-state index contributed by atoms with van der Waals surface area (Å²) in [5.74, 6) is -0.169. The number of hydrogen-bond donors (Lipinski definition) is 3. The average molecular weight is 365 g/mol. The van der Waals surface area contributed by atoms with E-state index in [9.17, 15) is 4.79 Å². The number of amides is 1. The fourth-order valence-corrected chi connectivity index (χ4v) is 3.08. The van der Waals surface area contributed by atoms with E-state index >= 15 is 0 Å². The van der Waals surface area contributed by atoms with Gasteiger partial charge in [0.2, 0.25) is 0 Å². The minimum absolute atomic E-state index is 0.169. The number of nitrogens with one attached hydrogen (secondary N) is 3. The van der Waals surface area contributed by atoms with Crippen molar-refractivity contribution < 1.29 is 4.79 Å². The number of carbonyl (C=O) groups excluding carboxylic acids is 1. The Balaban J connectivity index is 1.39. The monoisotopic (exact) mass is 364 g/mol. The van der Waals surface area contributed by atoms with Crippen LogP contribution in [0.25, 0.3) is 22.2 Å². The number of rotatable bonds is 5. The van der Waals surface area contributed by atoms with Crippen molar-refractivity contribution in [1.82, 2.24) is 20.5 Å². The van der Waals surface area contributed by atoms with Gasteiger partial charge in [-0.2, -0.15) is 5.10 Å². The van der Waals surface area contributed by atoms with E-state index in [1.807, 2.05) is 36.5 Å². The molecule has 2 heterocycles. The van der Waals surface area contributed by atoms with Crippen LogP contribution in [0.2, 0.25) is 5.02 Å². The van der Waals surface area contributed by atoms with E-state index in [2.05, 4.69) is 26.6 Å². The Kier molecular flexibility index (Phi) is 4.46. The highest BCUT2D eigenvalue weighted by molar-refractivity contribution is 6.30. The Hall–Kier alpha value is -3.05. The molecule has 0 unspecified atom stereocenters. The van der Waals surface area contributed by atoms with Gasteiger partial charge in [-0.05, 0) is 36.2 Å². The summed E-state index contributed by atoms with van der Waals surface area (Å²) in [6, 6.07) is 17.2. The second-order valence-electron chi connectivity index (χ2n) is 6.04. The molecule has 26 heavy (non-hydrogen) atoms. The minimum atomic E-state index is -0.169. The highest BCUT2D eigenvalue weighted by Gasteiger charge is 2.11. The smallest absolute Gasteiger partial charge is 0.269 e. The highest BCUT2D eigenvalue weighted by atomic mass is 35.5. The van der Waals surface area contributed by atoms with Gasteiger partial charge in [0.05, 0.1) is 5.69 Å². The first kappa shape index (κ1) is 16.4. The molecule has 4 aromatic rings. The standard InChI is InChI=1S/C20H17ClN4O/c21-15-7-5-13(6-8-15)18-11-19(25-24-18)20(26)22-10-9-14-12-23-17-4-2-1-3-16(14)17/h1-8,11-12,23H,9-10H2,(H,22,26)(H,24,25). The van der Waals surface area contributed by atoms with Gasteiger partial charge in [-0.15, -0.1) is 0 Å². The maximum absolute atomic E-state index is 12.3. The number of carbonyl (C=O) groups is 1. The van der Waals surface area contributed by atoms with Crippen molar-refractivity contribution in [2.24, 2.45) is 0 Å². The van der Waals surface area contributed by atoms with E-state index in [1.54, 1.807) is 18.2 Å². The SMILES string of the molecule is O=C(NCCc1c[nH]c2ccccc12)c1cc(-c2ccc(Cl)cc2)n[nH]1. The lowest BCUT2D eigenvalue weighted by atomic mass is 10.1. The fourth-order valence-electron chi connectivity index (χ4n) is 2.95. The Labute approximate surface area is 155 Å². The van der Waals surface area contributed by atoms with E-state index in [4.69, 9.17) is 11.6 Å². The number of H-pyrrole nitrogens is 2. The number of aromatic nitrogens is 3. The van der Waals surface area contributed by atoms with Gasteiger partial charge in [0.15, 0.2) is 0 Å². The summed E-state index contributed by atoms with van der Waals surface area (Å²) in [5, 5.41) is 11.8. The van der Waals surface area contributed by atoms with Crippen molar-refractivity contribution in [3.05, 3.63) is 77.1 Å². The number of benzene rings is 2. The van der Waals surface area contributed by atoms with Crippen molar-refractivity contribution in [3.63, 3.8) is 0 Å². The molecule has 0 atom stereocenters. The first-order valence-corrected chi connectivity index (χ1v) is 8.73. The lowest BCUT2D eigenvalue weighted by Crippen LogP contribution is -2.25. The van der Waals surface area contributed by atoms with Crippen LogP contribution >= 0.6 is 11.6 Å². The van der Waals surface area contributed by atoms with Gasteiger partial charge in [-0.1, -0.05) is 41.9 Å². The second-order valence-corrected chi connectivity index (χ2v) is 6.48. The van der Waals surface area contributed by atoms with Crippen LogP contribution in [-0.2, 0) is 6.42 Å². The number of para-hydroxylation sites is 1. The molecular weight excluding hydrogens is 348 g/mol. The molecule has 0 aliphatic carbocycles. The summed E-state index contributed by atoms with van der Waals surface area (Å²) in [5.41, 5.74) is 4.35. The zero-order chi connectivity index (χ0) is 17.9. The van der Waals surface area contributed by atoms with Crippen LogP contribution in [0.1, 0.15) is 16.1 Å². The van der Waals surface area contributed by atoms with Gasteiger partial charge in [0.1, 0.15) is 5.69 Å². The highest BCUT2D eigenvalue weighted by Crippen LogP contribution is 2.20. The number of halogens is 1. The Bertz CT molecular complexity index is 1050. The summed E-state index contributed by atoms with van der Waals surface area (Å²) in [6.07, 6.45) is 2.75. The lowest BCUT2D eigenvalue weighted by Gasteiger charge is -2.03. The number of nitrogens with zero attached hydrogens (tertiary/aromatic N) is 1. The van der Waals surface area contributed by atoms with Crippen LogP contribution in [0.5, 0.6) is 0 Å². The Morgan fingerprint density at radius 2 is 1.92 bits per heavy atom. The van der Waals surface area contributed by atoms with Gasteiger partial charge in [0, 0.05) is 34.2 Å². The molecule has 2 aromatic carbocycles. The molecule has 0 aliphatic rings. The molecule has 0 bridgehead atoms. The van der Waals surface area contributed by atoms with Crippen LogP contribution in [-0.4, -0.2) is 27.6 Å². The van der Waals surface area contributed by atoms with Crippen molar-refractivity contribution >= 4 is 28.4 Å². The van der Waals surface area contributed by atoms with Crippen LogP contribution in [0, 0.1) is 0 Å². The fraction of sp³-hybridized carbons (Fsp3) is 0.100. The molecule has 0 aliphatic heterocycles. The maximum Gasteiger partial charge on any atom is 0.269 e. The Morgan fingerprint density at radius 3 is 2.77 bits per heavy atom. The molecular formula is C20H17ClN4O. The van der Waals surface area contributed by atoms with Crippen LogP contribution in [0.4, 0.5) is 0 Å². The maximum atomic E-state index is 12.3. The van der Waals surface area contributed by atoms with Crippen molar-refractivity contribution in [1.29, 1.82) is 0 Å². The van der Waals surface area contributed by atoms with E-state index in [0.29, 0.717) is 23.0 Å². The predicted molar refractivity (Wildman–Crippen MR) is 103 cm³/mol. The van der Waals surface area contributed by atoms with E-state index in [1.165, 1.54) is 10.9 Å². The van der Waals surface area contributed by atoms with E-state index in [-0.39, 0.29) is 5.91 Å². The Morgan fingerprint density at radius 1 is 1.12 bits per heavy atom. The van der Waals surface area contributed by atoms with Crippen molar-refractivity contribution in [2.75, 3.05) is 6.54 Å². The summed E-state index contributed by atoms with van der Waals surface area (Å²) in [7, 11) is 0. The molecule has 4 rings (SSSR count). The third-order valence-corrected chi connectivity index (χ3v) is 4.57. The third-order valence-electron chi connectivity index (χ3n) is 4.32. The average Bonchev–Trinajstić information content (AvgIpc) is 3.30. The molecule has 0 saturated heterocycles. The summed E-state index contributed by atoms with van der Waals surface area (Å²) >= 11 is 5.90. The van der Waals surface area contributed by atoms with Gasteiger partial charge >= 0.3 is 0 Å². The van der Waals surface area contributed by atoms with Crippen LogP contribution < -0.4 is 5.32 Å². The molecule has 0 spiro atoms. The molecule has 130 valence electrons. The molecule has 0 saturated carbocycles. The zero-order valence-corrected chi connectivity index (χ0v) is 14.7. The minimum Gasteiger partial charge on any atom is -0.361 e. The molecule has 0 radical (unpaired) electrons. The first-order chi connectivity index (χ1) is 12.7. The first-order valence-electron chi connectivity index (χ1n) is 8.35. The third kappa shape index (κ3) is 3.34. The number of aromatic amines is 2. The van der Waals surface area contributed by atoms with Crippen LogP contribution in [0.3, 0.4) is 0 Å². The van der Waals surface area contributed by atoms with E-state index in [0.717, 1.165) is 17.5 Å². The summed E-state index contributed by atoms with van der Waals surface area (Å²) in [4.78, 5) is 15.6. The van der Waals surface area contributed by atoms with Gasteiger partial charge < -0.3 is 10.3 Å².